The van der Waals surface area contributed by atoms with Crippen molar-refractivity contribution in [1.29, 1.82) is 0 Å². The Morgan fingerprint density at radius 3 is 2.67 bits per heavy atom. The van der Waals surface area contributed by atoms with Gasteiger partial charge >= 0.3 is 0 Å². The van der Waals surface area contributed by atoms with E-state index in [0.29, 0.717) is 36.1 Å². The smallest absolute Gasteiger partial charge is 0.294 e. The van der Waals surface area contributed by atoms with Crippen LogP contribution in [0.4, 0.5) is 5.69 Å². The fourth-order valence-electron chi connectivity index (χ4n) is 2.83. The number of rotatable bonds is 7. The van der Waals surface area contributed by atoms with Crippen LogP contribution in [0.5, 0.6) is 5.88 Å². The maximum absolute atomic E-state index is 12.8. The van der Waals surface area contributed by atoms with Crippen LogP contribution in [0, 0.1) is 17.0 Å². The van der Waals surface area contributed by atoms with Gasteiger partial charge in [0.25, 0.3) is 5.09 Å². The minimum atomic E-state index is -0.848. The number of carbonyl (C=O) groups excluding carboxylic acids is 1. The van der Waals surface area contributed by atoms with E-state index in [0.717, 1.165) is 5.56 Å². The van der Waals surface area contributed by atoms with Crippen LogP contribution in [0.2, 0.25) is 5.15 Å². The highest BCUT2D eigenvalue weighted by atomic mass is 35.5. The first-order chi connectivity index (χ1) is 14.4. The number of amides is 1. The highest BCUT2D eigenvalue weighted by Crippen LogP contribution is 2.29. The number of nitrogens with one attached hydrogen (secondary N) is 1. The topological polar surface area (TPSA) is 132 Å². The summed E-state index contributed by atoms with van der Waals surface area (Å²) in [6.45, 7) is 2.41. The van der Waals surface area contributed by atoms with E-state index >= 15 is 0 Å². The SMILES string of the molecule is COc1nc(C)nc(Cl)c1NC1=NCCN1C(=O)Cc1ccc(CO[N+](=O)[O-])cc1. The average molecular weight is 435 g/mol. The summed E-state index contributed by atoms with van der Waals surface area (Å²) >= 11 is 6.20. The Morgan fingerprint density at radius 1 is 1.30 bits per heavy atom. The third-order valence-electron chi connectivity index (χ3n) is 4.23. The molecule has 0 aliphatic carbocycles. The molecule has 0 spiro atoms. The van der Waals surface area contributed by atoms with E-state index in [4.69, 9.17) is 16.3 Å². The van der Waals surface area contributed by atoms with Crippen molar-refractivity contribution in [3.8, 4) is 5.88 Å². The van der Waals surface area contributed by atoms with Gasteiger partial charge in [0.2, 0.25) is 17.7 Å². The number of benzene rings is 1. The van der Waals surface area contributed by atoms with Crippen molar-refractivity contribution in [3.63, 3.8) is 0 Å². The molecule has 1 aromatic heterocycles. The number of ether oxygens (including phenoxy) is 1. The van der Waals surface area contributed by atoms with Crippen LogP contribution in [0.1, 0.15) is 17.0 Å². The molecular weight excluding hydrogens is 416 g/mol. The predicted molar refractivity (Wildman–Crippen MR) is 108 cm³/mol. The van der Waals surface area contributed by atoms with Crippen LogP contribution in [0.3, 0.4) is 0 Å². The molecule has 2 heterocycles. The Kier molecular flexibility index (Phi) is 6.62. The van der Waals surface area contributed by atoms with Crippen molar-refractivity contribution in [2.24, 2.45) is 4.99 Å². The van der Waals surface area contributed by atoms with Crippen molar-refractivity contribution in [1.82, 2.24) is 14.9 Å². The molecule has 11 nitrogen and oxygen atoms in total. The van der Waals surface area contributed by atoms with E-state index in [1.165, 1.54) is 12.0 Å². The molecule has 0 saturated carbocycles. The molecule has 158 valence electrons. The van der Waals surface area contributed by atoms with Gasteiger partial charge in [-0.3, -0.25) is 14.7 Å². The third-order valence-corrected chi connectivity index (χ3v) is 4.50. The van der Waals surface area contributed by atoms with Crippen LogP contribution in [0.15, 0.2) is 29.3 Å². The molecule has 0 saturated heterocycles. The second-order valence-electron chi connectivity index (χ2n) is 6.31. The van der Waals surface area contributed by atoms with Crippen LogP contribution in [-0.2, 0) is 22.7 Å². The van der Waals surface area contributed by atoms with Gasteiger partial charge in [-0.2, -0.15) is 4.98 Å². The molecule has 0 atom stereocenters. The van der Waals surface area contributed by atoms with Gasteiger partial charge in [-0.1, -0.05) is 35.9 Å². The summed E-state index contributed by atoms with van der Waals surface area (Å²) in [7, 11) is 1.46. The summed E-state index contributed by atoms with van der Waals surface area (Å²) in [5.74, 6) is 0.873. The summed E-state index contributed by atoms with van der Waals surface area (Å²) in [5, 5.41) is 12.6. The third kappa shape index (κ3) is 5.11. The first-order valence-corrected chi connectivity index (χ1v) is 9.30. The monoisotopic (exact) mass is 434 g/mol. The minimum Gasteiger partial charge on any atom is -0.479 e. The Balaban J connectivity index is 1.67. The average Bonchev–Trinajstić information content (AvgIpc) is 3.17. The van der Waals surface area contributed by atoms with E-state index in [1.807, 2.05) is 0 Å². The van der Waals surface area contributed by atoms with Gasteiger partial charge in [-0.05, 0) is 18.1 Å². The number of hydrogen-bond acceptors (Lipinski definition) is 9. The van der Waals surface area contributed by atoms with Gasteiger partial charge in [0.15, 0.2) is 5.15 Å². The number of hydrogen-bond donors (Lipinski definition) is 1. The lowest BCUT2D eigenvalue weighted by atomic mass is 10.1. The number of aliphatic imine (C=N–C) groups is 1. The van der Waals surface area contributed by atoms with Gasteiger partial charge in [0.05, 0.1) is 20.1 Å². The molecule has 12 heteroatoms. The molecule has 30 heavy (non-hydrogen) atoms. The highest BCUT2D eigenvalue weighted by molar-refractivity contribution is 6.33. The minimum absolute atomic E-state index is 0.131. The fraction of sp³-hybridized carbons (Fsp3) is 0.333. The lowest BCUT2D eigenvalue weighted by Gasteiger charge is -2.20. The molecule has 0 fully saturated rings. The maximum Gasteiger partial charge on any atom is 0.294 e. The number of methoxy groups -OCH3 is 1. The first-order valence-electron chi connectivity index (χ1n) is 8.92. The zero-order valence-corrected chi connectivity index (χ0v) is 17.0. The Morgan fingerprint density at radius 2 is 2.00 bits per heavy atom. The molecule has 1 aromatic carbocycles. The first kappa shape index (κ1) is 21.2. The van der Waals surface area contributed by atoms with Crippen molar-refractivity contribution in [2.75, 3.05) is 25.5 Å². The second kappa shape index (κ2) is 9.35. The van der Waals surface area contributed by atoms with Crippen LogP contribution < -0.4 is 10.1 Å². The molecule has 1 aliphatic heterocycles. The molecular formula is C18H19ClN6O5. The number of nitrogens with zero attached hydrogens (tertiary/aromatic N) is 5. The quantitative estimate of drug-likeness (QED) is 0.397. The van der Waals surface area contributed by atoms with Gasteiger partial charge in [-0.15, -0.1) is 10.1 Å². The molecule has 2 aromatic rings. The van der Waals surface area contributed by atoms with Crippen molar-refractivity contribution < 1.29 is 19.5 Å². The van der Waals surface area contributed by atoms with Crippen molar-refractivity contribution >= 4 is 29.2 Å². The van der Waals surface area contributed by atoms with E-state index in [2.05, 4.69) is 25.1 Å². The van der Waals surface area contributed by atoms with Gasteiger partial charge < -0.3 is 14.9 Å². The molecule has 0 bridgehead atoms. The summed E-state index contributed by atoms with van der Waals surface area (Å²) in [5.41, 5.74) is 1.72. The summed E-state index contributed by atoms with van der Waals surface area (Å²) < 4.78 is 5.25. The van der Waals surface area contributed by atoms with Gasteiger partial charge in [0.1, 0.15) is 18.1 Å². The number of aromatic nitrogens is 2. The number of guanidine groups is 1. The van der Waals surface area contributed by atoms with E-state index in [1.54, 1.807) is 31.2 Å². The molecule has 1 aliphatic rings. The zero-order chi connectivity index (χ0) is 21.7. The maximum atomic E-state index is 12.8. The number of aryl methyl sites for hydroxylation is 1. The Labute approximate surface area is 176 Å². The molecule has 0 unspecified atom stereocenters. The summed E-state index contributed by atoms with van der Waals surface area (Å²) in [6.07, 6.45) is 0.131. The Bertz CT molecular complexity index is 982. The van der Waals surface area contributed by atoms with Crippen molar-refractivity contribution in [3.05, 3.63) is 56.5 Å². The highest BCUT2D eigenvalue weighted by Gasteiger charge is 2.26. The number of halogens is 1. The number of anilines is 1. The molecule has 0 radical (unpaired) electrons. The zero-order valence-electron chi connectivity index (χ0n) is 16.3. The standard InChI is InChI=1S/C18H19ClN6O5/c1-11-21-16(19)15(17(22-11)29-2)23-18-20-7-8-24(18)14(26)9-12-3-5-13(6-4-12)10-30-25(27)28/h3-6H,7-10H2,1-2H3,(H,20,23). The van der Waals surface area contributed by atoms with Gasteiger partial charge in [-0.25, -0.2) is 4.98 Å². The molecule has 1 amide bonds. The molecule has 1 N–H and O–H groups in total. The second-order valence-corrected chi connectivity index (χ2v) is 6.67. The number of carbonyl (C=O) groups is 1. The van der Waals surface area contributed by atoms with Gasteiger partial charge in [0, 0.05) is 6.54 Å². The van der Waals surface area contributed by atoms with E-state index < -0.39 is 5.09 Å². The van der Waals surface area contributed by atoms with Crippen LogP contribution in [-0.4, -0.2) is 52.0 Å². The largest absolute Gasteiger partial charge is 0.479 e. The summed E-state index contributed by atoms with van der Waals surface area (Å²) in [4.78, 5) is 41.5. The predicted octanol–water partition coefficient (Wildman–Crippen LogP) is 2.01. The van der Waals surface area contributed by atoms with E-state index in [-0.39, 0.29) is 30.0 Å². The lowest BCUT2D eigenvalue weighted by molar-refractivity contribution is -0.763. The fourth-order valence-corrected chi connectivity index (χ4v) is 3.08. The van der Waals surface area contributed by atoms with Crippen molar-refractivity contribution in [2.45, 2.75) is 20.0 Å². The lowest BCUT2D eigenvalue weighted by Crippen LogP contribution is -2.39. The summed E-state index contributed by atoms with van der Waals surface area (Å²) in [6, 6.07) is 6.81. The normalized spacial score (nSPS) is 13.0. The Hall–Kier alpha value is -3.47. The molecule has 3 rings (SSSR count). The van der Waals surface area contributed by atoms with Crippen LogP contribution >= 0.6 is 11.6 Å². The van der Waals surface area contributed by atoms with E-state index in [9.17, 15) is 14.9 Å². The van der Waals surface area contributed by atoms with Crippen LogP contribution in [0.25, 0.3) is 0 Å².